The van der Waals surface area contributed by atoms with Gasteiger partial charge in [0.2, 0.25) is 5.91 Å². The molecule has 0 aliphatic carbocycles. The Labute approximate surface area is 121 Å². The maximum absolute atomic E-state index is 11.9. The number of carboxylic acid groups (broad SMARTS) is 1. The third kappa shape index (κ3) is 6.37. The Balaban J connectivity index is 2.41. The van der Waals surface area contributed by atoms with Gasteiger partial charge in [-0.2, -0.15) is 0 Å². The Morgan fingerprint density at radius 1 is 1.40 bits per heavy atom. The first-order chi connectivity index (χ1) is 9.29. The number of ether oxygens (including phenoxy) is 1. The summed E-state index contributed by atoms with van der Waals surface area (Å²) in [5.41, 5.74) is 0.198. The molecule has 0 spiro atoms. The van der Waals surface area contributed by atoms with Gasteiger partial charge >= 0.3 is 5.97 Å². The Bertz CT molecular complexity index is 329. The van der Waals surface area contributed by atoms with Crippen LogP contribution in [0.1, 0.15) is 52.9 Å². The van der Waals surface area contributed by atoms with E-state index in [0.717, 1.165) is 25.7 Å². The van der Waals surface area contributed by atoms with Crippen LogP contribution in [-0.2, 0) is 14.3 Å². The van der Waals surface area contributed by atoms with Crippen molar-refractivity contribution in [1.82, 2.24) is 5.32 Å². The van der Waals surface area contributed by atoms with Crippen molar-refractivity contribution in [2.45, 2.75) is 58.9 Å². The molecular weight excluding hydrogens is 258 g/mol. The lowest BCUT2D eigenvalue weighted by molar-refractivity contribution is -0.145. The number of hydrogen-bond acceptors (Lipinski definition) is 3. The fraction of sp³-hybridized carbons (Fsp3) is 0.867. The van der Waals surface area contributed by atoms with E-state index in [1.165, 1.54) is 0 Å². The monoisotopic (exact) mass is 285 g/mol. The summed E-state index contributed by atoms with van der Waals surface area (Å²) in [4.78, 5) is 23.2. The minimum absolute atomic E-state index is 0.118. The second-order valence-corrected chi connectivity index (χ2v) is 6.77. The number of aliphatic carboxylic acids is 1. The lowest BCUT2D eigenvalue weighted by atomic mass is 9.89. The van der Waals surface area contributed by atoms with Crippen molar-refractivity contribution >= 4 is 11.9 Å². The molecular formula is C15H27NO4. The van der Waals surface area contributed by atoms with Crippen molar-refractivity contribution in [3.05, 3.63) is 0 Å². The molecule has 1 saturated heterocycles. The number of carbonyl (C=O) groups excluding carboxylic acids is 1. The van der Waals surface area contributed by atoms with Crippen LogP contribution in [-0.4, -0.2) is 36.2 Å². The van der Waals surface area contributed by atoms with Crippen LogP contribution in [0.2, 0.25) is 0 Å². The Hall–Kier alpha value is -1.10. The lowest BCUT2D eigenvalue weighted by Crippen LogP contribution is -2.48. The largest absolute Gasteiger partial charge is 0.480 e. The molecule has 1 heterocycles. The summed E-state index contributed by atoms with van der Waals surface area (Å²) in [6.07, 6.45) is 3.76. The molecule has 2 N–H and O–H groups in total. The standard InChI is InChI=1S/C15H27NO4/c1-15(2,3)8-4-7-12(17)16-13(14(18)19)11-6-5-9-20-10-11/h11,13H,4-10H2,1-3H3,(H,16,17)(H,18,19). The Morgan fingerprint density at radius 2 is 2.10 bits per heavy atom. The van der Waals surface area contributed by atoms with Crippen molar-refractivity contribution < 1.29 is 19.4 Å². The molecule has 1 fully saturated rings. The summed E-state index contributed by atoms with van der Waals surface area (Å²) in [6.45, 7) is 7.49. The Morgan fingerprint density at radius 3 is 2.60 bits per heavy atom. The predicted octanol–water partition coefficient (Wildman–Crippen LogP) is 2.20. The third-order valence-electron chi connectivity index (χ3n) is 3.58. The van der Waals surface area contributed by atoms with E-state index in [-0.39, 0.29) is 17.2 Å². The molecule has 5 heteroatoms. The van der Waals surface area contributed by atoms with Crippen molar-refractivity contribution in [2.24, 2.45) is 11.3 Å². The lowest BCUT2D eigenvalue weighted by Gasteiger charge is -2.28. The van der Waals surface area contributed by atoms with Gasteiger partial charge in [0, 0.05) is 18.9 Å². The smallest absolute Gasteiger partial charge is 0.326 e. The molecule has 1 aliphatic rings. The van der Waals surface area contributed by atoms with E-state index in [1.807, 2.05) is 0 Å². The second-order valence-electron chi connectivity index (χ2n) is 6.77. The molecule has 0 saturated carbocycles. The van der Waals surface area contributed by atoms with E-state index in [2.05, 4.69) is 26.1 Å². The van der Waals surface area contributed by atoms with E-state index in [1.54, 1.807) is 0 Å². The summed E-state index contributed by atoms with van der Waals surface area (Å²) in [5.74, 6) is -1.26. The molecule has 0 aromatic carbocycles. The predicted molar refractivity (Wildman–Crippen MR) is 76.4 cm³/mol. The van der Waals surface area contributed by atoms with Crippen LogP contribution >= 0.6 is 0 Å². The van der Waals surface area contributed by atoms with Crippen LogP contribution in [0.15, 0.2) is 0 Å². The number of rotatable bonds is 6. The summed E-state index contributed by atoms with van der Waals surface area (Å²) in [7, 11) is 0. The zero-order valence-electron chi connectivity index (χ0n) is 12.8. The van der Waals surface area contributed by atoms with Crippen LogP contribution in [0.5, 0.6) is 0 Å². The highest BCUT2D eigenvalue weighted by atomic mass is 16.5. The summed E-state index contributed by atoms with van der Waals surface area (Å²) < 4.78 is 5.31. The summed E-state index contributed by atoms with van der Waals surface area (Å²) in [5, 5.41) is 11.9. The molecule has 0 aromatic heterocycles. The van der Waals surface area contributed by atoms with Gasteiger partial charge < -0.3 is 15.2 Å². The highest BCUT2D eigenvalue weighted by Crippen LogP contribution is 2.22. The number of carboxylic acids is 1. The van der Waals surface area contributed by atoms with E-state index >= 15 is 0 Å². The van der Waals surface area contributed by atoms with Crippen molar-refractivity contribution in [2.75, 3.05) is 13.2 Å². The average molecular weight is 285 g/mol. The average Bonchev–Trinajstić information content (AvgIpc) is 2.35. The minimum Gasteiger partial charge on any atom is -0.480 e. The van der Waals surface area contributed by atoms with Gasteiger partial charge in [-0.05, 0) is 31.1 Å². The van der Waals surface area contributed by atoms with Crippen molar-refractivity contribution in [3.63, 3.8) is 0 Å². The molecule has 2 unspecified atom stereocenters. The topological polar surface area (TPSA) is 75.6 Å². The molecule has 116 valence electrons. The van der Waals surface area contributed by atoms with Gasteiger partial charge in [0.25, 0.3) is 0 Å². The normalized spacial score (nSPS) is 21.2. The molecule has 2 atom stereocenters. The van der Waals surface area contributed by atoms with Crippen molar-refractivity contribution in [3.8, 4) is 0 Å². The van der Waals surface area contributed by atoms with Crippen LogP contribution in [0, 0.1) is 11.3 Å². The van der Waals surface area contributed by atoms with E-state index in [0.29, 0.717) is 19.6 Å². The van der Waals surface area contributed by atoms with Crippen molar-refractivity contribution in [1.29, 1.82) is 0 Å². The van der Waals surface area contributed by atoms with Gasteiger partial charge in [0.15, 0.2) is 0 Å². The number of carbonyl (C=O) groups is 2. The molecule has 20 heavy (non-hydrogen) atoms. The molecule has 0 aromatic rings. The minimum atomic E-state index is -0.968. The Kier molecular flexibility index (Phi) is 6.46. The number of hydrogen-bond donors (Lipinski definition) is 2. The first-order valence-electron chi connectivity index (χ1n) is 7.39. The van der Waals surface area contributed by atoms with Crippen LogP contribution in [0.3, 0.4) is 0 Å². The van der Waals surface area contributed by atoms with Gasteiger partial charge in [-0.15, -0.1) is 0 Å². The molecule has 1 amide bonds. The molecule has 0 bridgehead atoms. The van der Waals surface area contributed by atoms with Crippen LogP contribution < -0.4 is 5.32 Å². The molecule has 1 rings (SSSR count). The quantitative estimate of drug-likeness (QED) is 0.784. The van der Waals surface area contributed by atoms with Gasteiger partial charge in [-0.1, -0.05) is 20.8 Å². The molecule has 0 radical (unpaired) electrons. The summed E-state index contributed by atoms with van der Waals surface area (Å²) >= 11 is 0. The van der Waals surface area contributed by atoms with E-state index < -0.39 is 12.0 Å². The second kappa shape index (κ2) is 7.62. The fourth-order valence-corrected chi connectivity index (χ4v) is 2.43. The fourth-order valence-electron chi connectivity index (χ4n) is 2.43. The highest BCUT2D eigenvalue weighted by Gasteiger charge is 2.31. The van der Waals surface area contributed by atoms with E-state index in [4.69, 9.17) is 4.74 Å². The third-order valence-corrected chi connectivity index (χ3v) is 3.58. The first-order valence-corrected chi connectivity index (χ1v) is 7.39. The van der Waals surface area contributed by atoms with E-state index in [9.17, 15) is 14.7 Å². The maximum atomic E-state index is 11.9. The van der Waals surface area contributed by atoms with Crippen LogP contribution in [0.25, 0.3) is 0 Å². The van der Waals surface area contributed by atoms with Gasteiger partial charge in [0.05, 0.1) is 6.61 Å². The number of amides is 1. The highest BCUT2D eigenvalue weighted by molar-refractivity contribution is 5.83. The first kappa shape index (κ1) is 17.0. The van der Waals surface area contributed by atoms with Crippen LogP contribution in [0.4, 0.5) is 0 Å². The van der Waals surface area contributed by atoms with Gasteiger partial charge in [0.1, 0.15) is 6.04 Å². The zero-order valence-corrected chi connectivity index (χ0v) is 12.8. The maximum Gasteiger partial charge on any atom is 0.326 e. The SMILES string of the molecule is CC(C)(C)CCCC(=O)NC(C(=O)O)C1CCCOC1. The zero-order chi connectivity index (χ0) is 15.2. The van der Waals surface area contributed by atoms with Gasteiger partial charge in [-0.25, -0.2) is 4.79 Å². The molecule has 1 aliphatic heterocycles. The molecule has 5 nitrogen and oxygen atoms in total. The number of nitrogens with one attached hydrogen (secondary N) is 1. The van der Waals surface area contributed by atoms with Gasteiger partial charge in [-0.3, -0.25) is 4.79 Å². The summed E-state index contributed by atoms with van der Waals surface area (Å²) in [6, 6.07) is -0.822.